The topological polar surface area (TPSA) is 80.5 Å². The maximum atomic E-state index is 12.7. The average Bonchev–Trinajstić information content (AvgIpc) is 3.39. The zero-order valence-corrected chi connectivity index (χ0v) is 14.6. The van der Waals surface area contributed by atoms with Crippen LogP contribution in [0.5, 0.6) is 0 Å². The number of carbonyl (C=O) groups is 1. The first-order chi connectivity index (χ1) is 12.1. The van der Waals surface area contributed by atoms with E-state index in [2.05, 4.69) is 5.16 Å². The molecule has 2 heterocycles. The molecule has 0 radical (unpaired) electrons. The second kappa shape index (κ2) is 6.29. The molecule has 0 atom stereocenters. The molecule has 1 amide bonds. The Labute approximate surface area is 146 Å². The molecule has 7 heteroatoms. The molecule has 1 aromatic heterocycles. The van der Waals surface area contributed by atoms with Crippen molar-refractivity contribution in [1.82, 2.24) is 10.1 Å². The molecule has 132 valence electrons. The first-order valence-electron chi connectivity index (χ1n) is 8.60. The van der Waals surface area contributed by atoms with Crippen molar-refractivity contribution in [3.05, 3.63) is 47.9 Å². The van der Waals surface area contributed by atoms with Gasteiger partial charge >= 0.3 is 0 Å². The van der Waals surface area contributed by atoms with Crippen molar-refractivity contribution in [3.63, 3.8) is 0 Å². The summed E-state index contributed by atoms with van der Waals surface area (Å²) in [6, 6.07) is 10.2. The SMILES string of the molecule is O=C(c1cc(C2CC2)on1)N1CCC(S(=O)(=O)c2ccccc2)CC1. The van der Waals surface area contributed by atoms with Crippen LogP contribution in [-0.2, 0) is 9.84 Å². The maximum absolute atomic E-state index is 12.7. The Morgan fingerprint density at radius 2 is 1.76 bits per heavy atom. The normalized spacial score (nSPS) is 19.1. The molecule has 6 nitrogen and oxygen atoms in total. The molecule has 25 heavy (non-hydrogen) atoms. The Morgan fingerprint density at radius 1 is 1.08 bits per heavy atom. The standard InChI is InChI=1S/C18H20N2O4S/c21-18(16-12-17(24-19-16)13-6-7-13)20-10-8-15(9-11-20)25(22,23)14-4-2-1-3-5-14/h1-5,12-13,15H,6-11H2. The van der Waals surface area contributed by atoms with Crippen LogP contribution in [0.4, 0.5) is 0 Å². The van der Waals surface area contributed by atoms with Gasteiger partial charge in [0.05, 0.1) is 10.1 Å². The molecular weight excluding hydrogens is 340 g/mol. The maximum Gasteiger partial charge on any atom is 0.276 e. The number of rotatable bonds is 4. The number of aromatic nitrogens is 1. The van der Waals surface area contributed by atoms with Gasteiger partial charge in [-0.2, -0.15) is 0 Å². The lowest BCUT2D eigenvalue weighted by molar-refractivity contribution is 0.0715. The minimum atomic E-state index is -3.35. The summed E-state index contributed by atoms with van der Waals surface area (Å²) in [5, 5.41) is 3.44. The van der Waals surface area contributed by atoms with Gasteiger partial charge in [0.15, 0.2) is 15.5 Å². The van der Waals surface area contributed by atoms with Crippen LogP contribution in [0, 0.1) is 0 Å². The zero-order valence-electron chi connectivity index (χ0n) is 13.8. The Balaban J connectivity index is 1.41. The van der Waals surface area contributed by atoms with Gasteiger partial charge in [0.25, 0.3) is 5.91 Å². The summed E-state index contributed by atoms with van der Waals surface area (Å²) in [7, 11) is -3.35. The second-order valence-electron chi connectivity index (χ2n) is 6.74. The number of sulfone groups is 1. The minimum absolute atomic E-state index is 0.175. The predicted octanol–water partition coefficient (Wildman–Crippen LogP) is 2.63. The van der Waals surface area contributed by atoms with E-state index in [0.717, 1.165) is 18.6 Å². The summed E-state index contributed by atoms with van der Waals surface area (Å²) >= 11 is 0. The highest BCUT2D eigenvalue weighted by molar-refractivity contribution is 7.92. The number of piperidine rings is 1. The summed E-state index contributed by atoms with van der Waals surface area (Å²) in [4.78, 5) is 14.6. The quantitative estimate of drug-likeness (QED) is 0.837. The van der Waals surface area contributed by atoms with Crippen molar-refractivity contribution in [2.45, 2.75) is 41.7 Å². The van der Waals surface area contributed by atoms with Crippen molar-refractivity contribution in [2.24, 2.45) is 0 Å². The fourth-order valence-electron chi connectivity index (χ4n) is 3.28. The van der Waals surface area contributed by atoms with Crippen LogP contribution in [0.2, 0.25) is 0 Å². The summed E-state index contributed by atoms with van der Waals surface area (Å²) in [6.45, 7) is 0.836. The number of hydrogen-bond donors (Lipinski definition) is 0. The molecule has 2 aromatic rings. The Hall–Kier alpha value is -2.15. The van der Waals surface area contributed by atoms with Gasteiger partial charge in [-0.1, -0.05) is 23.4 Å². The van der Waals surface area contributed by atoms with E-state index < -0.39 is 15.1 Å². The Morgan fingerprint density at radius 3 is 2.40 bits per heavy atom. The molecule has 0 bridgehead atoms. The Bertz CT molecular complexity index is 863. The van der Waals surface area contributed by atoms with Crippen molar-refractivity contribution in [2.75, 3.05) is 13.1 Å². The van der Waals surface area contributed by atoms with Gasteiger partial charge in [-0.25, -0.2) is 8.42 Å². The third-order valence-electron chi connectivity index (χ3n) is 4.97. The van der Waals surface area contributed by atoms with Crippen molar-refractivity contribution in [3.8, 4) is 0 Å². The van der Waals surface area contributed by atoms with Crippen molar-refractivity contribution in [1.29, 1.82) is 0 Å². The van der Waals surface area contributed by atoms with E-state index in [-0.39, 0.29) is 5.91 Å². The van der Waals surface area contributed by atoms with E-state index in [1.54, 1.807) is 41.3 Å². The lowest BCUT2D eigenvalue weighted by Crippen LogP contribution is -2.42. The first kappa shape index (κ1) is 16.3. The molecule has 1 aliphatic carbocycles. The van der Waals surface area contributed by atoms with Gasteiger partial charge < -0.3 is 9.42 Å². The predicted molar refractivity (Wildman–Crippen MR) is 91.0 cm³/mol. The summed E-state index contributed by atoms with van der Waals surface area (Å²) in [5.41, 5.74) is 0.325. The largest absolute Gasteiger partial charge is 0.360 e. The molecule has 2 fully saturated rings. The molecule has 1 saturated heterocycles. The molecule has 0 N–H and O–H groups in total. The number of nitrogens with zero attached hydrogens (tertiary/aromatic N) is 2. The second-order valence-corrected chi connectivity index (χ2v) is 8.97. The van der Waals surface area contributed by atoms with Crippen molar-refractivity contribution < 1.29 is 17.7 Å². The summed E-state index contributed by atoms with van der Waals surface area (Å²) in [6.07, 6.45) is 3.06. The van der Waals surface area contributed by atoms with E-state index in [9.17, 15) is 13.2 Å². The van der Waals surface area contributed by atoms with Crippen LogP contribution in [0.3, 0.4) is 0 Å². The number of amides is 1. The molecule has 0 unspecified atom stereocenters. The van der Waals surface area contributed by atoms with Crippen LogP contribution < -0.4 is 0 Å². The summed E-state index contributed by atoms with van der Waals surface area (Å²) < 4.78 is 30.6. The fraction of sp³-hybridized carbons (Fsp3) is 0.444. The zero-order chi connectivity index (χ0) is 17.4. The molecule has 4 rings (SSSR count). The lowest BCUT2D eigenvalue weighted by Gasteiger charge is -2.31. The molecule has 1 aliphatic heterocycles. The molecule has 1 saturated carbocycles. The van der Waals surface area contributed by atoms with Crippen LogP contribution in [0.1, 0.15) is 47.8 Å². The third kappa shape index (κ3) is 3.20. The van der Waals surface area contributed by atoms with Crippen LogP contribution in [0.15, 0.2) is 45.8 Å². The number of benzene rings is 1. The Kier molecular flexibility index (Phi) is 4.11. The highest BCUT2D eigenvalue weighted by atomic mass is 32.2. The van der Waals surface area contributed by atoms with Crippen LogP contribution >= 0.6 is 0 Å². The van der Waals surface area contributed by atoms with Crippen LogP contribution in [0.25, 0.3) is 0 Å². The van der Waals surface area contributed by atoms with Gasteiger partial charge in [0.1, 0.15) is 5.76 Å². The molecule has 0 spiro atoms. The van der Waals surface area contributed by atoms with Gasteiger partial charge in [-0.3, -0.25) is 4.79 Å². The van der Waals surface area contributed by atoms with Gasteiger partial charge in [0, 0.05) is 25.1 Å². The van der Waals surface area contributed by atoms with E-state index in [1.807, 2.05) is 0 Å². The summed E-state index contributed by atoms with van der Waals surface area (Å²) in [5.74, 6) is 1.02. The number of likely N-dealkylation sites (tertiary alicyclic amines) is 1. The average molecular weight is 360 g/mol. The van der Waals surface area contributed by atoms with Crippen LogP contribution in [-0.4, -0.2) is 42.7 Å². The molecule has 1 aromatic carbocycles. The van der Waals surface area contributed by atoms with E-state index in [4.69, 9.17) is 4.52 Å². The van der Waals surface area contributed by atoms with E-state index in [1.165, 1.54) is 0 Å². The molecule has 2 aliphatic rings. The highest BCUT2D eigenvalue weighted by Crippen LogP contribution is 2.40. The smallest absolute Gasteiger partial charge is 0.276 e. The van der Waals surface area contributed by atoms with Gasteiger partial charge in [-0.05, 0) is 37.8 Å². The van der Waals surface area contributed by atoms with E-state index in [0.29, 0.717) is 42.4 Å². The first-order valence-corrected chi connectivity index (χ1v) is 10.1. The minimum Gasteiger partial charge on any atom is -0.360 e. The van der Waals surface area contributed by atoms with Crippen molar-refractivity contribution >= 4 is 15.7 Å². The monoisotopic (exact) mass is 360 g/mol. The fourth-order valence-corrected chi connectivity index (χ4v) is 5.04. The third-order valence-corrected chi connectivity index (χ3v) is 7.25. The number of hydrogen-bond acceptors (Lipinski definition) is 5. The highest BCUT2D eigenvalue weighted by Gasteiger charge is 2.34. The van der Waals surface area contributed by atoms with Gasteiger partial charge in [-0.15, -0.1) is 0 Å². The van der Waals surface area contributed by atoms with E-state index >= 15 is 0 Å². The molecular formula is C18H20N2O4S. The lowest BCUT2D eigenvalue weighted by atomic mass is 10.1. The number of carbonyl (C=O) groups excluding carboxylic acids is 1. The van der Waals surface area contributed by atoms with Gasteiger partial charge in [0.2, 0.25) is 0 Å².